The standard InChI is InChI=1S/C40H30N4/c41-26-27-20-21-33-34-19-11-18-32(36(34)40(35(33)24-27)22-8-3-9-23-40)30-16-10-17-31(25-30)39-43-37(28-12-4-1-5-13-28)42-38(44-39)29-14-6-2-7-15-29/h1-2,4-7,10-21,24-25H,3,8-9,22-23H2. The highest BCUT2D eigenvalue weighted by Gasteiger charge is 2.45. The van der Waals surface area contributed by atoms with Crippen molar-refractivity contribution in [2.45, 2.75) is 37.5 Å². The molecule has 2 aliphatic rings. The second-order valence-corrected chi connectivity index (χ2v) is 11.9. The summed E-state index contributed by atoms with van der Waals surface area (Å²) in [5.74, 6) is 1.97. The van der Waals surface area contributed by atoms with Crippen LogP contribution in [0.2, 0.25) is 0 Å². The van der Waals surface area contributed by atoms with Gasteiger partial charge >= 0.3 is 0 Å². The number of benzene rings is 5. The summed E-state index contributed by atoms with van der Waals surface area (Å²) in [6.45, 7) is 0. The second kappa shape index (κ2) is 10.7. The number of nitrogens with zero attached hydrogens (tertiary/aromatic N) is 4. The molecule has 2 aliphatic carbocycles. The average Bonchev–Trinajstić information content (AvgIpc) is 3.37. The summed E-state index contributed by atoms with van der Waals surface area (Å²) in [7, 11) is 0. The Bertz CT molecular complexity index is 1990. The first-order valence-corrected chi connectivity index (χ1v) is 15.4. The maximum atomic E-state index is 9.76. The smallest absolute Gasteiger partial charge is 0.164 e. The van der Waals surface area contributed by atoms with Crippen LogP contribution >= 0.6 is 0 Å². The van der Waals surface area contributed by atoms with Crippen LogP contribution in [0, 0.1) is 11.3 Å². The van der Waals surface area contributed by atoms with Gasteiger partial charge in [-0.05, 0) is 64.4 Å². The van der Waals surface area contributed by atoms with E-state index in [0.29, 0.717) is 17.5 Å². The zero-order valence-electron chi connectivity index (χ0n) is 24.4. The molecule has 0 unspecified atom stereocenters. The monoisotopic (exact) mass is 566 g/mol. The van der Waals surface area contributed by atoms with Crippen molar-refractivity contribution in [1.82, 2.24) is 15.0 Å². The molecule has 0 amide bonds. The quantitative estimate of drug-likeness (QED) is 0.213. The molecule has 8 rings (SSSR count). The molecule has 1 fully saturated rings. The first-order chi connectivity index (χ1) is 21.7. The Morgan fingerprint density at radius 3 is 1.73 bits per heavy atom. The van der Waals surface area contributed by atoms with Crippen LogP contribution in [0.25, 0.3) is 56.4 Å². The predicted molar refractivity (Wildman–Crippen MR) is 176 cm³/mol. The fourth-order valence-corrected chi connectivity index (χ4v) is 7.35. The molecular formula is C40H30N4. The van der Waals surface area contributed by atoms with Crippen LogP contribution in [-0.4, -0.2) is 15.0 Å². The van der Waals surface area contributed by atoms with Crippen molar-refractivity contribution in [2.75, 3.05) is 0 Å². The van der Waals surface area contributed by atoms with E-state index >= 15 is 0 Å². The minimum atomic E-state index is -0.0729. The molecule has 0 atom stereocenters. The summed E-state index contributed by atoms with van der Waals surface area (Å²) in [5, 5.41) is 9.76. The van der Waals surface area contributed by atoms with E-state index < -0.39 is 0 Å². The maximum Gasteiger partial charge on any atom is 0.164 e. The van der Waals surface area contributed by atoms with E-state index in [1.165, 1.54) is 47.1 Å². The van der Waals surface area contributed by atoms with Crippen LogP contribution in [0.4, 0.5) is 0 Å². The van der Waals surface area contributed by atoms with Crippen molar-refractivity contribution in [1.29, 1.82) is 5.26 Å². The van der Waals surface area contributed by atoms with Gasteiger partial charge in [-0.3, -0.25) is 0 Å². The molecule has 1 heterocycles. The third-order valence-corrected chi connectivity index (χ3v) is 9.34. The van der Waals surface area contributed by atoms with Gasteiger partial charge in [-0.2, -0.15) is 5.26 Å². The van der Waals surface area contributed by atoms with E-state index in [2.05, 4.69) is 60.7 Å². The van der Waals surface area contributed by atoms with Crippen molar-refractivity contribution in [3.8, 4) is 62.5 Å². The Morgan fingerprint density at radius 1 is 0.500 bits per heavy atom. The van der Waals surface area contributed by atoms with Crippen molar-refractivity contribution in [2.24, 2.45) is 0 Å². The fraction of sp³-hybridized carbons (Fsp3) is 0.150. The lowest BCUT2D eigenvalue weighted by atomic mass is 9.66. The molecule has 0 N–H and O–H groups in total. The Morgan fingerprint density at radius 2 is 1.07 bits per heavy atom. The van der Waals surface area contributed by atoms with Gasteiger partial charge in [-0.25, -0.2) is 15.0 Å². The molecule has 44 heavy (non-hydrogen) atoms. The number of hydrogen-bond donors (Lipinski definition) is 0. The third-order valence-electron chi connectivity index (χ3n) is 9.34. The normalized spacial score (nSPS) is 14.5. The van der Waals surface area contributed by atoms with Crippen LogP contribution in [0.15, 0.2) is 121 Å². The minimum Gasteiger partial charge on any atom is -0.208 e. The molecule has 1 aromatic heterocycles. The topological polar surface area (TPSA) is 62.5 Å². The molecule has 0 saturated heterocycles. The van der Waals surface area contributed by atoms with Gasteiger partial charge in [0.1, 0.15) is 0 Å². The van der Waals surface area contributed by atoms with Gasteiger partial charge in [0.15, 0.2) is 17.5 Å². The summed E-state index contributed by atoms with van der Waals surface area (Å²) in [6.07, 6.45) is 5.85. The largest absolute Gasteiger partial charge is 0.208 e. The zero-order chi connectivity index (χ0) is 29.5. The highest BCUT2D eigenvalue weighted by atomic mass is 15.0. The molecular weight excluding hydrogens is 536 g/mol. The van der Waals surface area contributed by atoms with Gasteiger partial charge in [-0.1, -0.05) is 122 Å². The van der Waals surface area contributed by atoms with Gasteiger partial charge in [-0.15, -0.1) is 0 Å². The summed E-state index contributed by atoms with van der Waals surface area (Å²) >= 11 is 0. The number of hydrogen-bond acceptors (Lipinski definition) is 4. The van der Waals surface area contributed by atoms with Crippen LogP contribution in [0.1, 0.15) is 48.8 Å². The molecule has 0 bridgehead atoms. The van der Waals surface area contributed by atoms with Crippen LogP contribution < -0.4 is 0 Å². The second-order valence-electron chi connectivity index (χ2n) is 11.9. The summed E-state index contributed by atoms with van der Waals surface area (Å²) in [6, 6.07) is 44.2. The Labute approximate surface area is 257 Å². The molecule has 5 aromatic carbocycles. The van der Waals surface area contributed by atoms with E-state index in [1.54, 1.807) is 0 Å². The van der Waals surface area contributed by atoms with E-state index in [1.807, 2.05) is 66.7 Å². The van der Waals surface area contributed by atoms with E-state index in [-0.39, 0.29) is 5.41 Å². The summed E-state index contributed by atoms with van der Waals surface area (Å²) in [4.78, 5) is 14.9. The van der Waals surface area contributed by atoms with Gasteiger partial charge in [0.25, 0.3) is 0 Å². The van der Waals surface area contributed by atoms with Crippen molar-refractivity contribution < 1.29 is 0 Å². The van der Waals surface area contributed by atoms with Crippen molar-refractivity contribution in [3.05, 3.63) is 138 Å². The highest BCUT2D eigenvalue weighted by molar-refractivity contribution is 5.89. The van der Waals surface area contributed by atoms with Gasteiger partial charge < -0.3 is 0 Å². The molecule has 4 heteroatoms. The summed E-state index contributed by atoms with van der Waals surface area (Å²) in [5.41, 5.74) is 11.3. The number of rotatable bonds is 4. The van der Waals surface area contributed by atoms with Gasteiger partial charge in [0.2, 0.25) is 0 Å². The first-order valence-electron chi connectivity index (χ1n) is 15.4. The average molecular weight is 567 g/mol. The molecule has 210 valence electrons. The van der Waals surface area contributed by atoms with Crippen LogP contribution in [-0.2, 0) is 5.41 Å². The lowest BCUT2D eigenvalue weighted by Crippen LogP contribution is -2.28. The van der Waals surface area contributed by atoms with Crippen LogP contribution in [0.3, 0.4) is 0 Å². The van der Waals surface area contributed by atoms with Crippen molar-refractivity contribution in [3.63, 3.8) is 0 Å². The SMILES string of the molecule is N#Cc1ccc2c(c1)C1(CCCCC1)c1c(-c3cccc(-c4nc(-c5ccccc5)nc(-c5ccccc5)n4)c3)cccc1-2. The van der Waals surface area contributed by atoms with Crippen molar-refractivity contribution >= 4 is 0 Å². The lowest BCUT2D eigenvalue weighted by Gasteiger charge is -2.37. The fourth-order valence-electron chi connectivity index (χ4n) is 7.35. The minimum absolute atomic E-state index is 0.0729. The number of nitriles is 1. The molecule has 0 aliphatic heterocycles. The van der Waals surface area contributed by atoms with E-state index in [4.69, 9.17) is 15.0 Å². The molecule has 1 saturated carbocycles. The Kier molecular flexibility index (Phi) is 6.38. The van der Waals surface area contributed by atoms with Gasteiger partial charge in [0.05, 0.1) is 11.6 Å². The number of fused-ring (bicyclic) bond motifs is 5. The summed E-state index contributed by atoms with van der Waals surface area (Å²) < 4.78 is 0. The molecule has 0 radical (unpaired) electrons. The lowest BCUT2D eigenvalue weighted by molar-refractivity contribution is 0.353. The first kappa shape index (κ1) is 26.2. The zero-order valence-corrected chi connectivity index (χ0v) is 24.4. The van der Waals surface area contributed by atoms with E-state index in [0.717, 1.165) is 40.7 Å². The van der Waals surface area contributed by atoms with Crippen LogP contribution in [0.5, 0.6) is 0 Å². The molecule has 4 nitrogen and oxygen atoms in total. The molecule has 6 aromatic rings. The van der Waals surface area contributed by atoms with E-state index in [9.17, 15) is 5.26 Å². The Balaban J connectivity index is 1.30. The Hall–Kier alpha value is -5.40. The highest BCUT2D eigenvalue weighted by Crippen LogP contribution is 2.58. The van der Waals surface area contributed by atoms with Gasteiger partial charge in [0, 0.05) is 22.1 Å². The predicted octanol–water partition coefficient (Wildman–Crippen LogP) is 9.64. The third kappa shape index (κ3) is 4.32. The number of aromatic nitrogens is 3. The maximum absolute atomic E-state index is 9.76. The molecule has 1 spiro atoms.